The molecular formula is C22H27FO5. The summed E-state index contributed by atoms with van der Waals surface area (Å²) in [6.07, 6.45) is 4.58. The predicted octanol–water partition coefficient (Wildman–Crippen LogP) is 1.91. The zero-order chi connectivity index (χ0) is 20.3. The number of halogens is 1. The maximum absolute atomic E-state index is 15.3. The Morgan fingerprint density at radius 2 is 2.04 bits per heavy atom. The fourth-order valence-electron chi connectivity index (χ4n) is 7.69. The first-order valence-corrected chi connectivity index (χ1v) is 10.2. The standard InChI is InChI=1S/C22H27FO5/c1-11-6-13-14-8-16(23)15-7-12(25)4-5-19(15,2)22(14)18(28-22)9-20(13,3)21(11,27)17(26)10-24/h4-5,7,11,13-14,16,18,24,27H,6,8-10H2,1-3H3/t11-,13-,14-,16-,18-,19-,20-,21-,22+/m0/s1. The van der Waals surface area contributed by atoms with Gasteiger partial charge < -0.3 is 14.9 Å². The van der Waals surface area contributed by atoms with Crippen LogP contribution in [0.5, 0.6) is 0 Å². The lowest BCUT2D eigenvalue weighted by atomic mass is 9.46. The number of carbonyl (C=O) groups is 2. The molecule has 5 aliphatic rings. The summed E-state index contributed by atoms with van der Waals surface area (Å²) < 4.78 is 21.6. The number of epoxide rings is 1. The highest BCUT2D eigenvalue weighted by molar-refractivity contribution is 6.01. The second-order valence-electron chi connectivity index (χ2n) is 9.96. The summed E-state index contributed by atoms with van der Waals surface area (Å²) in [5.41, 5.74) is -3.19. The van der Waals surface area contributed by atoms with Crippen LogP contribution in [0.2, 0.25) is 0 Å². The lowest BCUT2D eigenvalue weighted by Gasteiger charge is -2.56. The summed E-state index contributed by atoms with van der Waals surface area (Å²) in [7, 11) is 0. The van der Waals surface area contributed by atoms with E-state index in [0.29, 0.717) is 18.4 Å². The number of ketones is 2. The number of aliphatic hydroxyl groups excluding tert-OH is 1. The molecule has 0 radical (unpaired) electrons. The third kappa shape index (κ3) is 1.75. The monoisotopic (exact) mass is 390 g/mol. The summed E-state index contributed by atoms with van der Waals surface area (Å²) in [6.45, 7) is 5.00. The van der Waals surface area contributed by atoms with Crippen molar-refractivity contribution in [3.05, 3.63) is 23.8 Å². The normalized spacial score (nSPS) is 56.3. The van der Waals surface area contributed by atoms with Crippen LogP contribution in [0.3, 0.4) is 0 Å². The highest BCUT2D eigenvalue weighted by Crippen LogP contribution is 2.76. The van der Waals surface area contributed by atoms with Crippen molar-refractivity contribution in [1.29, 1.82) is 0 Å². The van der Waals surface area contributed by atoms with Crippen LogP contribution in [0.15, 0.2) is 23.8 Å². The Morgan fingerprint density at radius 1 is 1.32 bits per heavy atom. The molecule has 6 heteroatoms. The number of hydrogen-bond donors (Lipinski definition) is 2. The molecule has 28 heavy (non-hydrogen) atoms. The van der Waals surface area contributed by atoms with Gasteiger partial charge in [-0.15, -0.1) is 0 Å². The van der Waals surface area contributed by atoms with Gasteiger partial charge >= 0.3 is 0 Å². The van der Waals surface area contributed by atoms with Crippen LogP contribution in [0.4, 0.5) is 4.39 Å². The molecule has 4 fully saturated rings. The molecule has 0 aromatic heterocycles. The quantitative estimate of drug-likeness (QED) is 0.704. The van der Waals surface area contributed by atoms with E-state index in [1.165, 1.54) is 12.2 Å². The first-order chi connectivity index (χ1) is 13.1. The van der Waals surface area contributed by atoms with Crippen molar-refractivity contribution in [2.45, 2.75) is 63.5 Å². The average Bonchev–Trinajstić information content (AvgIpc) is 3.34. The first-order valence-electron chi connectivity index (χ1n) is 10.2. The van der Waals surface area contributed by atoms with E-state index < -0.39 is 40.6 Å². The van der Waals surface area contributed by atoms with Crippen LogP contribution in [0.25, 0.3) is 0 Å². The summed E-state index contributed by atoms with van der Waals surface area (Å²) in [5, 5.41) is 21.0. The Bertz CT molecular complexity index is 850. The summed E-state index contributed by atoms with van der Waals surface area (Å²) in [5.74, 6) is -1.32. The summed E-state index contributed by atoms with van der Waals surface area (Å²) in [4.78, 5) is 24.5. The zero-order valence-corrected chi connectivity index (χ0v) is 16.4. The Kier molecular flexibility index (Phi) is 3.47. The van der Waals surface area contributed by atoms with Crippen molar-refractivity contribution < 1.29 is 28.9 Å². The molecule has 0 aromatic rings. The number of carbonyl (C=O) groups excluding carboxylic acids is 2. The van der Waals surface area contributed by atoms with Crippen LogP contribution >= 0.6 is 0 Å². The number of allylic oxidation sites excluding steroid dienone is 2. The second kappa shape index (κ2) is 5.21. The molecule has 5 nitrogen and oxygen atoms in total. The molecule has 1 heterocycles. The maximum atomic E-state index is 15.3. The van der Waals surface area contributed by atoms with E-state index in [9.17, 15) is 19.8 Å². The van der Waals surface area contributed by atoms with Crippen molar-refractivity contribution >= 4 is 11.6 Å². The van der Waals surface area contributed by atoms with Gasteiger partial charge in [-0.1, -0.05) is 19.9 Å². The molecule has 9 atom stereocenters. The van der Waals surface area contributed by atoms with Crippen LogP contribution in [-0.2, 0) is 14.3 Å². The van der Waals surface area contributed by atoms with Gasteiger partial charge in [0.15, 0.2) is 11.6 Å². The number of aliphatic hydroxyl groups is 2. The van der Waals surface area contributed by atoms with E-state index in [2.05, 4.69) is 0 Å². The molecule has 0 bridgehead atoms. The number of hydrogen-bond acceptors (Lipinski definition) is 5. The summed E-state index contributed by atoms with van der Waals surface area (Å²) >= 11 is 0. The van der Waals surface area contributed by atoms with Gasteiger partial charge in [-0.05, 0) is 61.7 Å². The molecule has 0 amide bonds. The minimum Gasteiger partial charge on any atom is -0.388 e. The molecule has 0 aromatic carbocycles. The molecule has 1 aliphatic heterocycles. The predicted molar refractivity (Wildman–Crippen MR) is 98.0 cm³/mol. The Morgan fingerprint density at radius 3 is 2.71 bits per heavy atom. The van der Waals surface area contributed by atoms with Gasteiger partial charge in [0.05, 0.1) is 6.10 Å². The van der Waals surface area contributed by atoms with E-state index in [4.69, 9.17) is 4.74 Å². The van der Waals surface area contributed by atoms with E-state index in [1.807, 2.05) is 20.8 Å². The van der Waals surface area contributed by atoms with Crippen LogP contribution < -0.4 is 0 Å². The lowest BCUT2D eigenvalue weighted by Crippen LogP contribution is -2.63. The van der Waals surface area contributed by atoms with Crippen molar-refractivity contribution in [2.24, 2.45) is 28.6 Å². The van der Waals surface area contributed by atoms with Crippen molar-refractivity contribution in [2.75, 3.05) is 6.61 Å². The minimum absolute atomic E-state index is 0.0931. The van der Waals surface area contributed by atoms with E-state index in [1.54, 1.807) is 6.08 Å². The van der Waals surface area contributed by atoms with Crippen LogP contribution in [-0.4, -0.2) is 51.9 Å². The van der Waals surface area contributed by atoms with E-state index in [-0.39, 0.29) is 36.1 Å². The Labute approximate surface area is 163 Å². The molecule has 152 valence electrons. The van der Waals surface area contributed by atoms with Gasteiger partial charge in [0, 0.05) is 10.8 Å². The van der Waals surface area contributed by atoms with Crippen molar-refractivity contribution in [3.8, 4) is 0 Å². The van der Waals surface area contributed by atoms with Gasteiger partial charge in [0.2, 0.25) is 0 Å². The fraction of sp³-hybridized carbons (Fsp3) is 0.727. The first kappa shape index (κ1) is 18.6. The summed E-state index contributed by atoms with van der Waals surface area (Å²) in [6, 6.07) is 0. The SMILES string of the molecule is C[C@H]1C[C@H]2[C@@H]3C[C@H](F)C4=CC(=O)C=C[C@]4(C)[C@@]34O[C@H]4C[C@]2(C)[C@@]1(O)C(=O)CO. The molecule has 1 saturated heterocycles. The number of fused-ring (bicyclic) bond motifs is 3. The molecule has 0 unspecified atom stereocenters. The molecule has 2 N–H and O–H groups in total. The topological polar surface area (TPSA) is 87.1 Å². The Balaban J connectivity index is 1.63. The third-order valence-electron chi connectivity index (χ3n) is 9.07. The average molecular weight is 390 g/mol. The van der Waals surface area contributed by atoms with Crippen LogP contribution in [0.1, 0.15) is 40.0 Å². The molecule has 5 rings (SSSR count). The molecule has 3 saturated carbocycles. The van der Waals surface area contributed by atoms with Gasteiger partial charge in [0.25, 0.3) is 0 Å². The highest BCUT2D eigenvalue weighted by atomic mass is 19.1. The number of ether oxygens (including phenoxy) is 1. The van der Waals surface area contributed by atoms with E-state index in [0.717, 1.165) is 0 Å². The fourth-order valence-corrected chi connectivity index (χ4v) is 7.69. The highest BCUT2D eigenvalue weighted by Gasteiger charge is 2.82. The van der Waals surface area contributed by atoms with Crippen molar-refractivity contribution in [3.63, 3.8) is 0 Å². The molecule has 1 spiro atoms. The second-order valence-corrected chi connectivity index (χ2v) is 9.96. The van der Waals surface area contributed by atoms with Gasteiger partial charge in [-0.25, -0.2) is 4.39 Å². The zero-order valence-electron chi connectivity index (χ0n) is 16.4. The van der Waals surface area contributed by atoms with E-state index >= 15 is 4.39 Å². The smallest absolute Gasteiger partial charge is 0.190 e. The molecule has 4 aliphatic carbocycles. The Hall–Kier alpha value is -1.37. The van der Waals surface area contributed by atoms with Gasteiger partial charge in [-0.3, -0.25) is 9.59 Å². The number of rotatable bonds is 2. The number of alkyl halides is 1. The minimum atomic E-state index is -1.63. The third-order valence-corrected chi connectivity index (χ3v) is 9.07. The lowest BCUT2D eigenvalue weighted by molar-refractivity contribution is -0.166. The largest absolute Gasteiger partial charge is 0.388 e. The van der Waals surface area contributed by atoms with Gasteiger partial charge in [0.1, 0.15) is 24.0 Å². The van der Waals surface area contributed by atoms with Crippen molar-refractivity contribution in [1.82, 2.24) is 0 Å². The number of Topliss-reactive ketones (excluding diaryl/α,β-unsaturated/α-hetero) is 1. The van der Waals surface area contributed by atoms with Gasteiger partial charge in [-0.2, -0.15) is 0 Å². The maximum Gasteiger partial charge on any atom is 0.190 e. The molecular weight excluding hydrogens is 363 g/mol. The van der Waals surface area contributed by atoms with Crippen LogP contribution in [0, 0.1) is 28.6 Å².